The second-order valence-corrected chi connectivity index (χ2v) is 7.67. The summed E-state index contributed by atoms with van der Waals surface area (Å²) in [7, 11) is 0. The van der Waals surface area contributed by atoms with Crippen LogP contribution in [0.25, 0.3) is 0 Å². The molecular weight excluding hydrogens is 348 g/mol. The summed E-state index contributed by atoms with van der Waals surface area (Å²) in [6.07, 6.45) is 0.931. The van der Waals surface area contributed by atoms with Crippen molar-refractivity contribution in [3.63, 3.8) is 0 Å². The maximum Gasteiger partial charge on any atom is 0.407 e. The molecule has 1 heterocycles. The zero-order valence-electron chi connectivity index (χ0n) is 16.4. The molecule has 1 fully saturated rings. The number of Topliss-reactive ketones (excluding diaryl/α,β-unsaturated/α-hetero) is 1. The summed E-state index contributed by atoms with van der Waals surface area (Å²) in [5.41, 5.74) is 0.0778. The van der Waals surface area contributed by atoms with Gasteiger partial charge >= 0.3 is 6.09 Å². The van der Waals surface area contributed by atoms with Crippen LogP contribution in [0.15, 0.2) is 24.3 Å². The molecular formula is C20H28N2O5. The van der Waals surface area contributed by atoms with Crippen molar-refractivity contribution in [2.75, 3.05) is 19.7 Å². The summed E-state index contributed by atoms with van der Waals surface area (Å²) in [5, 5.41) is 2.85. The first-order valence-electron chi connectivity index (χ1n) is 9.15. The van der Waals surface area contributed by atoms with E-state index in [4.69, 9.17) is 9.47 Å². The number of alkyl carbamates (subject to hydrolysis) is 1. The quantitative estimate of drug-likeness (QED) is 0.799. The lowest BCUT2D eigenvalue weighted by atomic mass is 10.1. The van der Waals surface area contributed by atoms with Crippen molar-refractivity contribution in [1.29, 1.82) is 0 Å². The number of amides is 2. The average Bonchev–Trinajstić information content (AvgIpc) is 2.59. The van der Waals surface area contributed by atoms with Gasteiger partial charge in [-0.15, -0.1) is 0 Å². The zero-order valence-corrected chi connectivity index (χ0v) is 16.4. The number of nitrogens with one attached hydrogen (secondary N) is 1. The van der Waals surface area contributed by atoms with Gasteiger partial charge in [0.2, 0.25) is 0 Å². The predicted octanol–water partition coefficient (Wildman–Crippen LogP) is 2.78. The molecule has 1 aromatic carbocycles. The highest BCUT2D eigenvalue weighted by Gasteiger charge is 2.25. The number of carbonyl (C=O) groups is 3. The van der Waals surface area contributed by atoms with Crippen molar-refractivity contribution in [3.05, 3.63) is 29.8 Å². The number of hydrogen-bond donors (Lipinski definition) is 1. The molecule has 0 spiro atoms. The van der Waals surface area contributed by atoms with Gasteiger partial charge in [-0.05, 0) is 64.8 Å². The van der Waals surface area contributed by atoms with E-state index in [2.05, 4.69) is 5.32 Å². The Morgan fingerprint density at radius 3 is 2.22 bits per heavy atom. The van der Waals surface area contributed by atoms with E-state index in [9.17, 15) is 14.4 Å². The lowest BCUT2D eigenvalue weighted by Crippen LogP contribution is -2.48. The van der Waals surface area contributed by atoms with Crippen LogP contribution in [-0.4, -0.2) is 54.0 Å². The first kappa shape index (κ1) is 20.7. The van der Waals surface area contributed by atoms with Gasteiger partial charge in [-0.2, -0.15) is 0 Å². The van der Waals surface area contributed by atoms with Crippen LogP contribution in [0, 0.1) is 0 Å². The van der Waals surface area contributed by atoms with Crippen LogP contribution in [0.2, 0.25) is 0 Å². The first-order valence-corrected chi connectivity index (χ1v) is 9.15. The van der Waals surface area contributed by atoms with Crippen LogP contribution < -0.4 is 10.1 Å². The number of likely N-dealkylation sites (tertiary alicyclic amines) is 1. The van der Waals surface area contributed by atoms with Crippen LogP contribution in [-0.2, 0) is 9.53 Å². The second kappa shape index (κ2) is 8.88. The van der Waals surface area contributed by atoms with E-state index in [1.165, 1.54) is 6.92 Å². The molecule has 27 heavy (non-hydrogen) atoms. The number of ketones is 1. The number of hydrogen-bond acceptors (Lipinski definition) is 5. The van der Waals surface area contributed by atoms with Crippen molar-refractivity contribution >= 4 is 17.8 Å². The van der Waals surface area contributed by atoms with Crippen LogP contribution in [0.5, 0.6) is 5.75 Å². The van der Waals surface area contributed by atoms with Gasteiger partial charge in [-0.3, -0.25) is 9.59 Å². The van der Waals surface area contributed by atoms with Gasteiger partial charge in [0.25, 0.3) is 5.91 Å². The third-order valence-electron chi connectivity index (χ3n) is 4.19. The third-order valence-corrected chi connectivity index (χ3v) is 4.19. The van der Waals surface area contributed by atoms with Gasteiger partial charge < -0.3 is 19.7 Å². The summed E-state index contributed by atoms with van der Waals surface area (Å²) in [5.74, 6) is 0.441. The summed E-state index contributed by atoms with van der Waals surface area (Å²) in [4.78, 5) is 37.1. The minimum Gasteiger partial charge on any atom is -0.484 e. The topological polar surface area (TPSA) is 84.9 Å². The fraction of sp³-hybridized carbons (Fsp3) is 0.550. The summed E-state index contributed by atoms with van der Waals surface area (Å²) in [6, 6.07) is 6.72. The van der Waals surface area contributed by atoms with E-state index in [1.54, 1.807) is 29.2 Å². The normalized spacial score (nSPS) is 15.2. The Morgan fingerprint density at radius 1 is 1.11 bits per heavy atom. The molecule has 0 bridgehead atoms. The molecule has 2 rings (SSSR count). The highest BCUT2D eigenvalue weighted by Crippen LogP contribution is 2.15. The number of rotatable bonds is 5. The first-order chi connectivity index (χ1) is 12.6. The van der Waals surface area contributed by atoms with Crippen molar-refractivity contribution < 1.29 is 23.9 Å². The van der Waals surface area contributed by atoms with Crippen LogP contribution >= 0.6 is 0 Å². The van der Waals surface area contributed by atoms with E-state index >= 15 is 0 Å². The lowest BCUT2D eigenvalue weighted by Gasteiger charge is -2.32. The Kier molecular flexibility index (Phi) is 6.82. The highest BCUT2D eigenvalue weighted by molar-refractivity contribution is 5.94. The predicted molar refractivity (Wildman–Crippen MR) is 101 cm³/mol. The molecule has 7 nitrogen and oxygen atoms in total. The zero-order chi connectivity index (χ0) is 20.0. The molecule has 0 radical (unpaired) electrons. The Labute approximate surface area is 160 Å². The SMILES string of the molecule is CC(=O)c1ccc(OCC(=O)N2CCC(NC(=O)OC(C)(C)C)CC2)cc1. The molecule has 1 aromatic rings. The van der Waals surface area contributed by atoms with Crippen molar-refractivity contribution in [2.24, 2.45) is 0 Å². The highest BCUT2D eigenvalue weighted by atomic mass is 16.6. The van der Waals surface area contributed by atoms with Gasteiger partial charge in [-0.25, -0.2) is 4.79 Å². The molecule has 1 aliphatic rings. The molecule has 1 N–H and O–H groups in total. The fourth-order valence-corrected chi connectivity index (χ4v) is 2.77. The molecule has 0 aromatic heterocycles. The maximum absolute atomic E-state index is 12.3. The standard InChI is InChI=1S/C20H28N2O5/c1-14(23)15-5-7-17(8-6-15)26-13-18(24)22-11-9-16(10-12-22)21-19(25)27-20(2,3)4/h5-8,16H,9-13H2,1-4H3,(H,21,25). The summed E-state index contributed by atoms with van der Waals surface area (Å²) < 4.78 is 10.8. The number of nitrogens with zero attached hydrogens (tertiary/aromatic N) is 1. The van der Waals surface area contributed by atoms with Crippen LogP contribution in [0.3, 0.4) is 0 Å². The number of piperidine rings is 1. The molecule has 1 aliphatic heterocycles. The van der Waals surface area contributed by atoms with E-state index in [-0.39, 0.29) is 24.3 Å². The van der Waals surface area contributed by atoms with Crippen molar-refractivity contribution in [1.82, 2.24) is 10.2 Å². The smallest absolute Gasteiger partial charge is 0.407 e. The van der Waals surface area contributed by atoms with E-state index in [1.807, 2.05) is 20.8 Å². The molecule has 0 aliphatic carbocycles. The molecule has 0 saturated carbocycles. The number of benzene rings is 1. The molecule has 0 unspecified atom stereocenters. The lowest BCUT2D eigenvalue weighted by molar-refractivity contribution is -0.134. The maximum atomic E-state index is 12.3. The summed E-state index contributed by atoms with van der Waals surface area (Å²) in [6.45, 7) is 8.03. The van der Waals surface area contributed by atoms with Gasteiger partial charge in [0.1, 0.15) is 11.4 Å². The Hall–Kier alpha value is -2.57. The second-order valence-electron chi connectivity index (χ2n) is 7.67. The minimum atomic E-state index is -0.527. The molecule has 148 valence electrons. The fourth-order valence-electron chi connectivity index (χ4n) is 2.77. The molecule has 0 atom stereocenters. The molecule has 1 saturated heterocycles. The van der Waals surface area contributed by atoms with Gasteiger partial charge in [0, 0.05) is 24.7 Å². The number of carbonyl (C=O) groups excluding carboxylic acids is 3. The minimum absolute atomic E-state index is 0.00365. The van der Waals surface area contributed by atoms with Gasteiger partial charge in [0.15, 0.2) is 12.4 Å². The van der Waals surface area contributed by atoms with Crippen LogP contribution in [0.1, 0.15) is 50.9 Å². The van der Waals surface area contributed by atoms with Gasteiger partial charge in [-0.1, -0.05) is 0 Å². The van der Waals surface area contributed by atoms with E-state index in [0.29, 0.717) is 37.2 Å². The van der Waals surface area contributed by atoms with E-state index < -0.39 is 11.7 Å². The average molecular weight is 376 g/mol. The monoisotopic (exact) mass is 376 g/mol. The number of ether oxygens (including phenoxy) is 2. The van der Waals surface area contributed by atoms with Gasteiger partial charge in [0.05, 0.1) is 0 Å². The Balaban J connectivity index is 1.73. The summed E-state index contributed by atoms with van der Waals surface area (Å²) >= 11 is 0. The molecule has 7 heteroatoms. The molecule has 2 amide bonds. The van der Waals surface area contributed by atoms with Crippen molar-refractivity contribution in [2.45, 2.75) is 52.2 Å². The third kappa shape index (κ3) is 6.92. The largest absolute Gasteiger partial charge is 0.484 e. The van der Waals surface area contributed by atoms with Crippen molar-refractivity contribution in [3.8, 4) is 5.75 Å². The Morgan fingerprint density at radius 2 is 1.70 bits per heavy atom. The van der Waals surface area contributed by atoms with E-state index in [0.717, 1.165) is 0 Å². The Bertz CT molecular complexity index is 671. The van der Waals surface area contributed by atoms with Crippen LogP contribution in [0.4, 0.5) is 4.79 Å².